The van der Waals surface area contributed by atoms with E-state index in [9.17, 15) is 0 Å². The fourth-order valence-corrected chi connectivity index (χ4v) is 2.91. The number of rotatable bonds is 5. The lowest BCUT2D eigenvalue weighted by Gasteiger charge is -2.05. The number of ether oxygens (including phenoxy) is 1. The normalized spacial score (nSPS) is 14.2. The number of likely N-dealkylation sites (N-methyl/N-ethyl adjacent to an activating group) is 1. The van der Waals surface area contributed by atoms with Gasteiger partial charge in [-0.15, -0.1) is 0 Å². The molecule has 128 valence electrons. The summed E-state index contributed by atoms with van der Waals surface area (Å²) in [7, 11) is 1.92. The van der Waals surface area contributed by atoms with Crippen molar-refractivity contribution in [2.24, 2.45) is 0 Å². The van der Waals surface area contributed by atoms with Gasteiger partial charge in [0.05, 0.1) is 12.2 Å². The Morgan fingerprint density at radius 3 is 2.92 bits per heavy atom. The summed E-state index contributed by atoms with van der Waals surface area (Å²) < 4.78 is 11.0. The number of aromatic nitrogens is 3. The predicted molar refractivity (Wildman–Crippen MR) is 94.4 cm³/mol. The van der Waals surface area contributed by atoms with Gasteiger partial charge in [0.15, 0.2) is 5.82 Å². The largest absolute Gasteiger partial charge is 0.493 e. The molecule has 6 heteroatoms. The maximum absolute atomic E-state index is 5.57. The van der Waals surface area contributed by atoms with E-state index >= 15 is 0 Å². The highest BCUT2D eigenvalue weighted by molar-refractivity contribution is 5.70. The van der Waals surface area contributed by atoms with Crippen molar-refractivity contribution in [2.45, 2.75) is 25.8 Å². The zero-order valence-electron chi connectivity index (χ0n) is 14.3. The van der Waals surface area contributed by atoms with Gasteiger partial charge in [0.1, 0.15) is 5.75 Å². The summed E-state index contributed by atoms with van der Waals surface area (Å²) in [6.45, 7) is 2.84. The summed E-state index contributed by atoms with van der Waals surface area (Å²) in [6.07, 6.45) is 5.27. The van der Waals surface area contributed by atoms with Gasteiger partial charge in [0.25, 0.3) is 5.89 Å². The van der Waals surface area contributed by atoms with Gasteiger partial charge < -0.3 is 14.6 Å². The first-order chi connectivity index (χ1) is 12.2. The third kappa shape index (κ3) is 3.25. The van der Waals surface area contributed by atoms with E-state index in [1.54, 1.807) is 6.20 Å². The van der Waals surface area contributed by atoms with Gasteiger partial charge in [0.2, 0.25) is 0 Å². The second-order valence-corrected chi connectivity index (χ2v) is 6.29. The molecule has 1 aliphatic rings. The van der Waals surface area contributed by atoms with E-state index in [2.05, 4.69) is 39.5 Å². The van der Waals surface area contributed by atoms with E-state index in [4.69, 9.17) is 9.26 Å². The minimum absolute atomic E-state index is 0.295. The van der Waals surface area contributed by atoms with Gasteiger partial charge >= 0.3 is 0 Å². The van der Waals surface area contributed by atoms with Crippen LogP contribution >= 0.6 is 0 Å². The van der Waals surface area contributed by atoms with Crippen LogP contribution in [-0.2, 0) is 12.8 Å². The lowest BCUT2D eigenvalue weighted by atomic mass is 10.0. The Kier molecular flexibility index (Phi) is 4.19. The molecule has 1 atom stereocenters. The molecule has 2 aromatic heterocycles. The lowest BCUT2D eigenvalue weighted by Crippen LogP contribution is -2.24. The highest BCUT2D eigenvalue weighted by Crippen LogP contribution is 2.31. The van der Waals surface area contributed by atoms with Crippen LogP contribution in [0, 0.1) is 0 Å². The first-order valence-corrected chi connectivity index (χ1v) is 8.44. The van der Waals surface area contributed by atoms with E-state index in [0.29, 0.717) is 17.8 Å². The van der Waals surface area contributed by atoms with Gasteiger partial charge in [-0.2, -0.15) is 4.98 Å². The standard InChI is InChI=1S/C19H20N4O2/c1-12(20-2)7-18-22-19(25-23-18)16-9-15(10-21-11-16)13-3-4-17-14(8-13)5-6-24-17/h3-4,8-12,20H,5-7H2,1-2H3/t12-/m0/s1. The van der Waals surface area contributed by atoms with Crippen LogP contribution in [0.2, 0.25) is 0 Å². The quantitative estimate of drug-likeness (QED) is 0.772. The molecule has 1 aliphatic heterocycles. The molecule has 4 rings (SSSR count). The lowest BCUT2D eigenvalue weighted by molar-refractivity contribution is 0.357. The molecule has 0 unspecified atom stereocenters. The molecule has 3 heterocycles. The van der Waals surface area contributed by atoms with Gasteiger partial charge in [-0.1, -0.05) is 11.2 Å². The van der Waals surface area contributed by atoms with Crippen LogP contribution in [0.3, 0.4) is 0 Å². The van der Waals surface area contributed by atoms with Crippen molar-refractivity contribution in [3.05, 3.63) is 48.0 Å². The van der Waals surface area contributed by atoms with Crippen LogP contribution in [0.5, 0.6) is 5.75 Å². The van der Waals surface area contributed by atoms with Crippen LogP contribution in [0.1, 0.15) is 18.3 Å². The summed E-state index contributed by atoms with van der Waals surface area (Å²) in [4.78, 5) is 8.83. The predicted octanol–water partition coefficient (Wildman–Crippen LogP) is 2.88. The van der Waals surface area contributed by atoms with Crippen LogP contribution in [-0.4, -0.2) is 34.8 Å². The van der Waals surface area contributed by atoms with E-state index in [0.717, 1.165) is 41.9 Å². The average molecular weight is 336 g/mol. The molecule has 25 heavy (non-hydrogen) atoms. The monoisotopic (exact) mass is 336 g/mol. The first kappa shape index (κ1) is 15.8. The minimum Gasteiger partial charge on any atom is -0.493 e. The minimum atomic E-state index is 0.295. The molecule has 0 fully saturated rings. The Balaban J connectivity index is 1.61. The molecule has 1 aromatic carbocycles. The van der Waals surface area contributed by atoms with Crippen molar-refractivity contribution in [1.29, 1.82) is 0 Å². The molecule has 3 aromatic rings. The molecular weight excluding hydrogens is 316 g/mol. The summed E-state index contributed by atoms with van der Waals surface area (Å²) in [5.41, 5.74) is 4.20. The number of hydrogen-bond donors (Lipinski definition) is 1. The van der Waals surface area contributed by atoms with Gasteiger partial charge in [-0.05, 0) is 43.3 Å². The molecule has 0 bridgehead atoms. The Bertz CT molecular complexity index is 891. The molecule has 0 aliphatic carbocycles. The summed E-state index contributed by atoms with van der Waals surface area (Å²) in [5.74, 6) is 2.17. The van der Waals surface area contributed by atoms with Gasteiger partial charge in [-0.25, -0.2) is 0 Å². The molecular formula is C19H20N4O2. The molecule has 1 N–H and O–H groups in total. The topological polar surface area (TPSA) is 73.1 Å². The van der Waals surface area contributed by atoms with Crippen LogP contribution < -0.4 is 10.1 Å². The van der Waals surface area contributed by atoms with Crippen LogP contribution in [0.4, 0.5) is 0 Å². The summed E-state index contributed by atoms with van der Waals surface area (Å²) >= 11 is 0. The van der Waals surface area contributed by atoms with Crippen LogP contribution in [0.15, 0.2) is 41.2 Å². The fourth-order valence-electron chi connectivity index (χ4n) is 2.91. The van der Waals surface area contributed by atoms with Crippen molar-refractivity contribution >= 4 is 0 Å². The number of nitrogens with one attached hydrogen (secondary N) is 1. The van der Waals surface area contributed by atoms with Crippen LogP contribution in [0.25, 0.3) is 22.6 Å². The number of nitrogens with zero attached hydrogens (tertiary/aromatic N) is 3. The number of hydrogen-bond acceptors (Lipinski definition) is 6. The Hall–Kier alpha value is -2.73. The maximum atomic E-state index is 5.57. The zero-order valence-corrected chi connectivity index (χ0v) is 14.3. The number of pyridine rings is 1. The van der Waals surface area contributed by atoms with E-state index in [-0.39, 0.29) is 0 Å². The van der Waals surface area contributed by atoms with E-state index < -0.39 is 0 Å². The summed E-state index contributed by atoms with van der Waals surface area (Å²) in [6, 6.07) is 8.57. The first-order valence-electron chi connectivity index (χ1n) is 8.44. The molecule has 0 amide bonds. The third-order valence-corrected chi connectivity index (χ3v) is 4.46. The van der Waals surface area contributed by atoms with Crippen molar-refractivity contribution in [3.63, 3.8) is 0 Å². The average Bonchev–Trinajstić information content (AvgIpc) is 3.30. The second-order valence-electron chi connectivity index (χ2n) is 6.29. The molecule has 0 saturated heterocycles. The second kappa shape index (κ2) is 6.64. The van der Waals surface area contributed by atoms with Gasteiger partial charge in [-0.3, -0.25) is 4.98 Å². The Morgan fingerprint density at radius 1 is 1.16 bits per heavy atom. The Labute approximate surface area is 146 Å². The number of fused-ring (bicyclic) bond motifs is 1. The maximum Gasteiger partial charge on any atom is 0.259 e. The van der Waals surface area contributed by atoms with Crippen molar-refractivity contribution < 1.29 is 9.26 Å². The molecule has 0 saturated carbocycles. The molecule has 6 nitrogen and oxygen atoms in total. The summed E-state index contributed by atoms with van der Waals surface area (Å²) in [5, 5.41) is 7.23. The molecule has 0 radical (unpaired) electrons. The van der Waals surface area contributed by atoms with Crippen molar-refractivity contribution in [3.8, 4) is 28.3 Å². The zero-order chi connectivity index (χ0) is 17.2. The van der Waals surface area contributed by atoms with E-state index in [1.165, 1.54) is 5.56 Å². The third-order valence-electron chi connectivity index (χ3n) is 4.46. The van der Waals surface area contributed by atoms with E-state index in [1.807, 2.05) is 25.4 Å². The fraction of sp³-hybridized carbons (Fsp3) is 0.316. The number of benzene rings is 1. The Morgan fingerprint density at radius 2 is 2.04 bits per heavy atom. The van der Waals surface area contributed by atoms with Gasteiger partial charge in [0, 0.05) is 36.8 Å². The smallest absolute Gasteiger partial charge is 0.259 e. The molecule has 0 spiro atoms. The van der Waals surface area contributed by atoms with Crippen molar-refractivity contribution in [2.75, 3.05) is 13.7 Å². The van der Waals surface area contributed by atoms with Crippen molar-refractivity contribution in [1.82, 2.24) is 20.4 Å². The highest BCUT2D eigenvalue weighted by Gasteiger charge is 2.15. The highest BCUT2D eigenvalue weighted by atomic mass is 16.5. The SMILES string of the molecule is CN[C@@H](C)Cc1noc(-c2cncc(-c3ccc4c(c3)CCO4)c2)n1.